The lowest BCUT2D eigenvalue weighted by Gasteiger charge is -2.16. The van der Waals surface area contributed by atoms with Crippen molar-refractivity contribution >= 4 is 6.09 Å². The van der Waals surface area contributed by atoms with E-state index in [1.54, 1.807) is 20.8 Å². The van der Waals surface area contributed by atoms with Crippen LogP contribution in [0.5, 0.6) is 0 Å². The van der Waals surface area contributed by atoms with Crippen LogP contribution in [0.2, 0.25) is 0 Å². The zero-order valence-corrected chi connectivity index (χ0v) is 8.09. The molecule has 1 aliphatic heterocycles. The lowest BCUT2D eigenvalue weighted by Crippen LogP contribution is -2.27. The van der Waals surface area contributed by atoms with Crippen LogP contribution in [-0.4, -0.2) is 24.4 Å². The zero-order valence-electron chi connectivity index (χ0n) is 8.09. The summed E-state index contributed by atoms with van der Waals surface area (Å²) in [4.78, 5) is 10.0. The lowest BCUT2D eigenvalue weighted by atomic mass is 10.2. The van der Waals surface area contributed by atoms with Gasteiger partial charge in [-0.2, -0.15) is 0 Å². The number of primary amides is 1. The highest BCUT2D eigenvalue weighted by molar-refractivity contribution is 5.65. The number of hydrogen-bond acceptors (Lipinski definition) is 3. The maximum atomic E-state index is 10.0. The molecule has 0 aromatic rings. The highest BCUT2D eigenvalue weighted by Gasteiger charge is 2.13. The molecule has 0 aliphatic carbocycles. The minimum atomic E-state index is -0.725. The van der Waals surface area contributed by atoms with Crippen molar-refractivity contribution in [1.29, 1.82) is 0 Å². The molecule has 12 heavy (non-hydrogen) atoms. The second-order valence-electron chi connectivity index (χ2n) is 3.68. The summed E-state index contributed by atoms with van der Waals surface area (Å²) in [6.45, 7) is 8.33. The van der Waals surface area contributed by atoms with Crippen LogP contribution in [0.25, 0.3) is 0 Å². The maximum Gasteiger partial charge on any atom is 0.405 e. The molecule has 0 aromatic carbocycles. The molecule has 1 saturated heterocycles. The van der Waals surface area contributed by atoms with Crippen molar-refractivity contribution in [3.63, 3.8) is 0 Å². The van der Waals surface area contributed by atoms with Crippen molar-refractivity contribution in [3.8, 4) is 0 Å². The molecule has 2 N–H and O–H groups in total. The molecule has 0 unspecified atom stereocenters. The summed E-state index contributed by atoms with van der Waals surface area (Å²) in [5, 5.41) is 0. The highest BCUT2D eigenvalue weighted by Crippen LogP contribution is 2.05. The molecule has 1 aliphatic rings. The first kappa shape index (κ1) is 11.2. The van der Waals surface area contributed by atoms with Gasteiger partial charge in [0.1, 0.15) is 5.60 Å². The van der Waals surface area contributed by atoms with Gasteiger partial charge in [-0.1, -0.05) is 0 Å². The van der Waals surface area contributed by atoms with E-state index in [9.17, 15) is 4.79 Å². The van der Waals surface area contributed by atoms with Gasteiger partial charge in [0.25, 0.3) is 0 Å². The molecule has 1 rings (SSSR count). The predicted octanol–water partition coefficient (Wildman–Crippen LogP) is 1.29. The van der Waals surface area contributed by atoms with Crippen LogP contribution in [-0.2, 0) is 9.47 Å². The average molecular weight is 175 g/mol. The van der Waals surface area contributed by atoms with Gasteiger partial charge in [0.05, 0.1) is 12.7 Å². The van der Waals surface area contributed by atoms with E-state index in [0.29, 0.717) is 6.10 Å². The Morgan fingerprint density at radius 2 is 1.92 bits per heavy atom. The molecule has 4 heteroatoms. The molecule has 1 amide bonds. The van der Waals surface area contributed by atoms with Gasteiger partial charge in [-0.15, -0.1) is 0 Å². The van der Waals surface area contributed by atoms with Crippen LogP contribution in [0.3, 0.4) is 0 Å². The van der Waals surface area contributed by atoms with E-state index in [2.05, 4.69) is 11.7 Å². The molecule has 4 nitrogen and oxygen atoms in total. The Kier molecular flexibility index (Phi) is 4.03. The van der Waals surface area contributed by atoms with E-state index in [1.165, 1.54) is 0 Å². The molecule has 0 bridgehead atoms. The van der Waals surface area contributed by atoms with Gasteiger partial charge in [-0.25, -0.2) is 4.79 Å². The maximum absolute atomic E-state index is 10.0. The number of amides is 1. The Morgan fingerprint density at radius 3 is 1.92 bits per heavy atom. The molecule has 0 radical (unpaired) electrons. The third-order valence-electron chi connectivity index (χ3n) is 0.907. The largest absolute Gasteiger partial charge is 0.444 e. The lowest BCUT2D eigenvalue weighted by molar-refractivity contribution is 0.0600. The molecule has 0 saturated carbocycles. The highest BCUT2D eigenvalue weighted by atomic mass is 16.6. The fourth-order valence-corrected chi connectivity index (χ4v) is 0.398. The summed E-state index contributed by atoms with van der Waals surface area (Å²) in [7, 11) is 0. The van der Waals surface area contributed by atoms with E-state index in [1.807, 2.05) is 0 Å². The van der Waals surface area contributed by atoms with Crippen molar-refractivity contribution in [2.24, 2.45) is 5.73 Å². The summed E-state index contributed by atoms with van der Waals surface area (Å²) < 4.78 is 9.28. The van der Waals surface area contributed by atoms with Gasteiger partial charge < -0.3 is 15.2 Å². The Bertz CT molecular complexity index is 147. The molecule has 72 valence electrons. The van der Waals surface area contributed by atoms with E-state index in [4.69, 9.17) is 10.5 Å². The van der Waals surface area contributed by atoms with Crippen LogP contribution in [0, 0.1) is 0 Å². The van der Waals surface area contributed by atoms with Gasteiger partial charge in [0.2, 0.25) is 0 Å². The SMILES string of the molecule is CC(C)(C)OC(N)=O.C[C@@H]1CO1. The van der Waals surface area contributed by atoms with Gasteiger partial charge in [0, 0.05) is 0 Å². The quantitative estimate of drug-likeness (QED) is 0.564. The van der Waals surface area contributed by atoms with Crippen LogP contribution in [0.4, 0.5) is 4.79 Å². The predicted molar refractivity (Wildman–Crippen MR) is 45.8 cm³/mol. The Labute approximate surface area is 73.0 Å². The Balaban J connectivity index is 0.000000247. The number of hydrogen-bond donors (Lipinski definition) is 1. The van der Waals surface area contributed by atoms with Crippen LogP contribution in [0.1, 0.15) is 27.7 Å². The number of epoxide rings is 1. The topological polar surface area (TPSA) is 64.8 Å². The van der Waals surface area contributed by atoms with Crippen molar-refractivity contribution in [2.75, 3.05) is 6.61 Å². The van der Waals surface area contributed by atoms with Crippen LogP contribution >= 0.6 is 0 Å². The number of ether oxygens (including phenoxy) is 2. The Hall–Kier alpha value is -0.770. The number of nitrogens with two attached hydrogens (primary N) is 1. The fourth-order valence-electron chi connectivity index (χ4n) is 0.398. The minimum Gasteiger partial charge on any atom is -0.444 e. The molecule has 0 aromatic heterocycles. The van der Waals surface area contributed by atoms with Crippen molar-refractivity contribution < 1.29 is 14.3 Å². The molecular formula is C8H17NO3. The summed E-state index contributed by atoms with van der Waals surface area (Å²) in [5.41, 5.74) is 4.26. The zero-order chi connectivity index (χ0) is 9.78. The number of carbonyl (C=O) groups excluding carboxylic acids is 1. The molecule has 1 fully saturated rings. The standard InChI is InChI=1S/C5H11NO2.C3H6O/c1-5(2,3)8-4(6)7;1-3-2-4-3/h1-3H3,(H2,6,7);3H,2H2,1H3/t;3-/m.1/s1. The summed E-state index contributed by atoms with van der Waals surface area (Å²) in [6.07, 6.45) is -0.141. The summed E-state index contributed by atoms with van der Waals surface area (Å²) >= 11 is 0. The van der Waals surface area contributed by atoms with Crippen molar-refractivity contribution in [3.05, 3.63) is 0 Å². The average Bonchev–Trinajstić information content (AvgIpc) is 2.43. The number of carbonyl (C=O) groups is 1. The fraction of sp³-hybridized carbons (Fsp3) is 0.875. The van der Waals surface area contributed by atoms with Gasteiger partial charge in [-0.3, -0.25) is 0 Å². The van der Waals surface area contributed by atoms with E-state index >= 15 is 0 Å². The van der Waals surface area contributed by atoms with Crippen LogP contribution < -0.4 is 5.73 Å². The van der Waals surface area contributed by atoms with Crippen molar-refractivity contribution in [2.45, 2.75) is 39.4 Å². The smallest absolute Gasteiger partial charge is 0.405 e. The summed E-state index contributed by atoms with van der Waals surface area (Å²) in [6, 6.07) is 0. The molecule has 1 atom stereocenters. The second kappa shape index (κ2) is 4.30. The minimum absolute atomic E-state index is 0.453. The van der Waals surface area contributed by atoms with Crippen LogP contribution in [0.15, 0.2) is 0 Å². The molecule has 0 spiro atoms. The summed E-state index contributed by atoms with van der Waals surface area (Å²) in [5.74, 6) is 0. The second-order valence-corrected chi connectivity index (χ2v) is 3.68. The van der Waals surface area contributed by atoms with E-state index in [0.717, 1.165) is 6.61 Å². The van der Waals surface area contributed by atoms with Gasteiger partial charge in [-0.05, 0) is 27.7 Å². The normalized spacial score (nSPS) is 20.5. The molecular weight excluding hydrogens is 158 g/mol. The first-order valence-electron chi connectivity index (χ1n) is 3.91. The number of rotatable bonds is 0. The third-order valence-corrected chi connectivity index (χ3v) is 0.907. The van der Waals surface area contributed by atoms with Gasteiger partial charge >= 0.3 is 6.09 Å². The van der Waals surface area contributed by atoms with E-state index < -0.39 is 11.7 Å². The molecule has 1 heterocycles. The Morgan fingerprint density at radius 1 is 1.58 bits per heavy atom. The first-order valence-corrected chi connectivity index (χ1v) is 3.91. The van der Waals surface area contributed by atoms with Crippen molar-refractivity contribution in [1.82, 2.24) is 0 Å². The van der Waals surface area contributed by atoms with Gasteiger partial charge in [0.15, 0.2) is 0 Å². The first-order chi connectivity index (χ1) is 5.31. The monoisotopic (exact) mass is 175 g/mol. The van der Waals surface area contributed by atoms with E-state index in [-0.39, 0.29) is 0 Å². The third kappa shape index (κ3) is 12.0.